The van der Waals surface area contributed by atoms with Crippen LogP contribution in [0.15, 0.2) is 95.7 Å². The number of carbonyl (C=O) groups is 1. The second-order valence-electron chi connectivity index (χ2n) is 9.85. The molecule has 0 atom stereocenters. The molecule has 0 aliphatic rings. The van der Waals surface area contributed by atoms with Gasteiger partial charge in [-0.3, -0.25) is 9.48 Å². The Morgan fingerprint density at radius 3 is 2.56 bits per heavy atom. The zero-order valence-corrected chi connectivity index (χ0v) is 20.7. The number of benzene rings is 3. The molecule has 0 saturated carbocycles. The second kappa shape index (κ2) is 9.74. The number of nitrogens with one attached hydrogen (secondary N) is 1. The fourth-order valence-electron chi connectivity index (χ4n) is 4.10. The van der Waals surface area contributed by atoms with E-state index in [0.29, 0.717) is 18.0 Å². The number of nitrogens with zero attached hydrogens (tertiary/aromatic N) is 2. The van der Waals surface area contributed by atoms with Crippen molar-refractivity contribution in [1.29, 1.82) is 0 Å². The summed E-state index contributed by atoms with van der Waals surface area (Å²) in [5, 5.41) is 9.64. The first kappa shape index (κ1) is 23.4. The number of amides is 1. The van der Waals surface area contributed by atoms with E-state index >= 15 is 0 Å². The summed E-state index contributed by atoms with van der Waals surface area (Å²) in [4.78, 5) is 12.7. The topological polar surface area (TPSA) is 69.3 Å². The predicted molar refractivity (Wildman–Crippen MR) is 141 cm³/mol. The van der Waals surface area contributed by atoms with Gasteiger partial charge in [-0.2, -0.15) is 5.10 Å². The van der Waals surface area contributed by atoms with Crippen molar-refractivity contribution in [2.24, 2.45) is 0 Å². The summed E-state index contributed by atoms with van der Waals surface area (Å²) in [6.45, 7) is 7.37. The molecule has 36 heavy (non-hydrogen) atoms. The van der Waals surface area contributed by atoms with Gasteiger partial charge < -0.3 is 14.5 Å². The van der Waals surface area contributed by atoms with Crippen LogP contribution >= 0.6 is 0 Å². The molecule has 0 bridgehead atoms. The number of anilines is 1. The van der Waals surface area contributed by atoms with Crippen LogP contribution in [-0.4, -0.2) is 15.7 Å². The van der Waals surface area contributed by atoms with Gasteiger partial charge in [0.1, 0.15) is 18.1 Å². The molecular weight excluding hydrogens is 450 g/mol. The first-order chi connectivity index (χ1) is 17.3. The van der Waals surface area contributed by atoms with E-state index in [1.807, 2.05) is 41.2 Å². The Labute approximate surface area is 210 Å². The lowest BCUT2D eigenvalue weighted by Gasteiger charge is -2.19. The molecule has 6 nitrogen and oxygen atoms in total. The average Bonchev–Trinajstić information content (AvgIpc) is 3.52. The van der Waals surface area contributed by atoms with Gasteiger partial charge in [0, 0.05) is 6.20 Å². The third-order valence-corrected chi connectivity index (χ3v) is 6.09. The molecule has 1 amide bonds. The molecule has 2 heterocycles. The van der Waals surface area contributed by atoms with Crippen LogP contribution in [0, 0.1) is 0 Å². The van der Waals surface area contributed by atoms with E-state index in [0.717, 1.165) is 11.3 Å². The first-order valence-corrected chi connectivity index (χ1v) is 12.0. The van der Waals surface area contributed by atoms with Crippen LogP contribution in [0.3, 0.4) is 0 Å². The van der Waals surface area contributed by atoms with Crippen molar-refractivity contribution in [3.05, 3.63) is 114 Å². The quantitative estimate of drug-likeness (QED) is 0.278. The Hall–Kier alpha value is -4.32. The van der Waals surface area contributed by atoms with Crippen LogP contribution in [0.5, 0.6) is 5.75 Å². The first-order valence-electron chi connectivity index (χ1n) is 12.0. The molecule has 0 spiro atoms. The van der Waals surface area contributed by atoms with Crippen molar-refractivity contribution in [3.63, 3.8) is 0 Å². The van der Waals surface area contributed by atoms with Gasteiger partial charge in [0.05, 0.1) is 18.4 Å². The van der Waals surface area contributed by atoms with Crippen molar-refractivity contribution in [2.75, 3.05) is 5.32 Å². The third kappa shape index (κ3) is 5.33. The highest BCUT2D eigenvalue weighted by Crippen LogP contribution is 2.25. The van der Waals surface area contributed by atoms with Gasteiger partial charge in [0.25, 0.3) is 5.91 Å². The molecule has 2 aromatic heterocycles. The van der Waals surface area contributed by atoms with E-state index in [1.165, 1.54) is 16.3 Å². The summed E-state index contributed by atoms with van der Waals surface area (Å²) >= 11 is 0. The van der Waals surface area contributed by atoms with Crippen LogP contribution in [0.4, 0.5) is 5.69 Å². The molecule has 3 aromatic carbocycles. The molecule has 5 rings (SSSR count). The maximum atomic E-state index is 12.7. The zero-order valence-electron chi connectivity index (χ0n) is 20.7. The second-order valence-corrected chi connectivity index (χ2v) is 9.85. The number of hydrogen-bond donors (Lipinski definition) is 1. The number of rotatable bonds is 7. The molecule has 0 aliphatic carbocycles. The van der Waals surface area contributed by atoms with Gasteiger partial charge >= 0.3 is 0 Å². The highest BCUT2D eigenvalue weighted by molar-refractivity contribution is 6.02. The molecule has 6 heteroatoms. The van der Waals surface area contributed by atoms with Crippen LogP contribution in [0.1, 0.15) is 48.2 Å². The fourth-order valence-corrected chi connectivity index (χ4v) is 4.10. The molecule has 0 saturated heterocycles. The van der Waals surface area contributed by atoms with E-state index in [1.54, 1.807) is 18.3 Å². The van der Waals surface area contributed by atoms with Crippen molar-refractivity contribution >= 4 is 22.4 Å². The lowest BCUT2D eigenvalue weighted by Crippen LogP contribution is -2.10. The van der Waals surface area contributed by atoms with Crippen LogP contribution < -0.4 is 10.1 Å². The van der Waals surface area contributed by atoms with Gasteiger partial charge in [-0.25, -0.2) is 0 Å². The Kier molecular flexibility index (Phi) is 6.34. The lowest BCUT2D eigenvalue weighted by molar-refractivity contribution is 0.0992. The summed E-state index contributed by atoms with van der Waals surface area (Å²) < 4.78 is 13.3. The summed E-state index contributed by atoms with van der Waals surface area (Å²) in [6, 6.07) is 25.9. The smallest absolute Gasteiger partial charge is 0.291 e. The maximum Gasteiger partial charge on any atom is 0.291 e. The minimum Gasteiger partial charge on any atom is -0.486 e. The van der Waals surface area contributed by atoms with Crippen LogP contribution in [0.2, 0.25) is 0 Å². The number of furan rings is 1. The Balaban J connectivity index is 1.18. The molecular formula is C30H29N3O3. The summed E-state index contributed by atoms with van der Waals surface area (Å²) in [5.41, 5.74) is 3.10. The minimum absolute atomic E-state index is 0.0915. The van der Waals surface area contributed by atoms with Gasteiger partial charge in [0.15, 0.2) is 5.76 Å². The number of carbonyl (C=O) groups excluding carboxylic acids is 1. The van der Waals surface area contributed by atoms with Gasteiger partial charge in [-0.05, 0) is 51.6 Å². The molecule has 182 valence electrons. The molecule has 0 radical (unpaired) electrons. The van der Waals surface area contributed by atoms with E-state index < -0.39 is 0 Å². The lowest BCUT2D eigenvalue weighted by atomic mass is 9.87. The molecule has 0 aliphatic heterocycles. The van der Waals surface area contributed by atoms with E-state index in [2.05, 4.69) is 67.6 Å². The number of aromatic nitrogens is 2. The highest BCUT2D eigenvalue weighted by Gasteiger charge is 2.15. The number of ether oxygens (including phenoxy) is 1. The van der Waals surface area contributed by atoms with Gasteiger partial charge in [0.2, 0.25) is 0 Å². The normalized spacial score (nSPS) is 11.5. The number of hydrogen-bond acceptors (Lipinski definition) is 4. The minimum atomic E-state index is -0.333. The third-order valence-electron chi connectivity index (χ3n) is 6.09. The Morgan fingerprint density at radius 1 is 0.972 bits per heavy atom. The molecule has 0 unspecified atom stereocenters. The predicted octanol–water partition coefficient (Wildman–Crippen LogP) is 6.81. The monoisotopic (exact) mass is 479 g/mol. The highest BCUT2D eigenvalue weighted by atomic mass is 16.5. The zero-order chi connectivity index (χ0) is 25.1. The Morgan fingerprint density at radius 2 is 1.75 bits per heavy atom. The van der Waals surface area contributed by atoms with Crippen molar-refractivity contribution in [1.82, 2.24) is 9.78 Å². The fraction of sp³-hybridized carbons (Fsp3) is 0.200. The van der Waals surface area contributed by atoms with E-state index in [9.17, 15) is 4.79 Å². The number of fused-ring (bicyclic) bond motifs is 1. The Bertz CT molecular complexity index is 1480. The summed E-state index contributed by atoms with van der Waals surface area (Å²) in [7, 11) is 0. The summed E-state index contributed by atoms with van der Waals surface area (Å²) in [6.07, 6.45) is 3.45. The van der Waals surface area contributed by atoms with E-state index in [4.69, 9.17) is 9.15 Å². The van der Waals surface area contributed by atoms with Crippen LogP contribution in [-0.2, 0) is 18.6 Å². The average molecular weight is 480 g/mol. The summed E-state index contributed by atoms with van der Waals surface area (Å²) in [5.74, 6) is 1.22. The molecule has 0 fully saturated rings. The van der Waals surface area contributed by atoms with E-state index in [-0.39, 0.29) is 23.7 Å². The maximum absolute atomic E-state index is 12.7. The standard InChI is InChI=1S/C30H29N3O3/c1-30(2,3)23-11-13-25(14-12-23)35-20-26-15-16-28(36-26)29(34)32-24-17-31-33(19-24)18-22-9-6-8-21-7-4-5-10-27(21)22/h4-17,19H,18,20H2,1-3H3,(H,32,34). The largest absolute Gasteiger partial charge is 0.486 e. The van der Waals surface area contributed by atoms with Crippen molar-refractivity contribution < 1.29 is 13.9 Å². The van der Waals surface area contributed by atoms with Crippen LogP contribution in [0.25, 0.3) is 10.8 Å². The van der Waals surface area contributed by atoms with Gasteiger partial charge in [-0.15, -0.1) is 0 Å². The van der Waals surface area contributed by atoms with Crippen molar-refractivity contribution in [2.45, 2.75) is 39.3 Å². The van der Waals surface area contributed by atoms with Crippen molar-refractivity contribution in [3.8, 4) is 5.75 Å². The molecule has 5 aromatic rings. The SMILES string of the molecule is CC(C)(C)c1ccc(OCc2ccc(C(=O)Nc3cnn(Cc4cccc5ccccc45)c3)o2)cc1. The van der Waals surface area contributed by atoms with Gasteiger partial charge in [-0.1, -0.05) is 75.4 Å². The molecule has 1 N–H and O–H groups in total.